The van der Waals surface area contributed by atoms with E-state index in [2.05, 4.69) is 88.4 Å². The molecule has 4 aromatic heterocycles. The number of aromatic nitrogens is 4. The highest BCUT2D eigenvalue weighted by Gasteiger charge is 2.52. The number of hydrogen-bond acceptors (Lipinski definition) is 4. The first-order chi connectivity index (χ1) is 19.4. The van der Waals surface area contributed by atoms with Crippen LogP contribution in [0.5, 0.6) is 11.5 Å². The number of pyridine rings is 3. The zero-order valence-electron chi connectivity index (χ0n) is 20.7. The fraction of sp³-hybridized carbons (Fsp3) is 0.0294. The summed E-state index contributed by atoms with van der Waals surface area (Å²) >= 11 is 0. The van der Waals surface area contributed by atoms with Gasteiger partial charge in [0.05, 0.1) is 34.0 Å². The van der Waals surface area contributed by atoms with E-state index < -0.39 is 5.41 Å². The maximum Gasteiger partial charge on any atom is 0.132 e. The number of ether oxygens (including phenoxy) is 1. The van der Waals surface area contributed by atoms with Gasteiger partial charge in [-0.25, -0.2) is 0 Å². The van der Waals surface area contributed by atoms with Crippen molar-refractivity contribution >= 4 is 21.8 Å². The third-order valence-corrected chi connectivity index (χ3v) is 8.26. The summed E-state index contributed by atoms with van der Waals surface area (Å²) in [5.41, 5.74) is 8.91. The number of rotatable bonds is 1. The number of hydrogen-bond donors (Lipinski definition) is 0. The molecule has 0 saturated carbocycles. The van der Waals surface area contributed by atoms with Crippen molar-refractivity contribution in [1.29, 1.82) is 0 Å². The molecule has 0 radical (unpaired) electrons. The average molecular weight is 501 g/mol. The summed E-state index contributed by atoms with van der Waals surface area (Å²) in [6, 6.07) is 33.9. The Morgan fingerprint density at radius 3 is 2.10 bits per heavy atom. The van der Waals surface area contributed by atoms with Crippen molar-refractivity contribution in [3.05, 3.63) is 144 Å². The average Bonchev–Trinajstić information content (AvgIpc) is 3.49. The smallest absolute Gasteiger partial charge is 0.132 e. The van der Waals surface area contributed by atoms with E-state index in [-0.39, 0.29) is 0 Å². The minimum Gasteiger partial charge on any atom is -0.457 e. The van der Waals surface area contributed by atoms with Crippen LogP contribution in [0.25, 0.3) is 38.9 Å². The second kappa shape index (κ2) is 7.39. The van der Waals surface area contributed by atoms with E-state index in [0.717, 1.165) is 61.9 Å². The van der Waals surface area contributed by atoms with E-state index >= 15 is 0 Å². The summed E-state index contributed by atoms with van der Waals surface area (Å²) in [5, 5.41) is 2.38. The molecule has 0 saturated heterocycles. The molecule has 0 amide bonds. The third-order valence-electron chi connectivity index (χ3n) is 8.26. The molecular weight excluding hydrogens is 480 g/mol. The van der Waals surface area contributed by atoms with Gasteiger partial charge in [-0.2, -0.15) is 0 Å². The van der Waals surface area contributed by atoms with Gasteiger partial charge in [0, 0.05) is 46.2 Å². The molecule has 7 aromatic rings. The molecule has 0 bridgehead atoms. The minimum absolute atomic E-state index is 0.607. The summed E-state index contributed by atoms with van der Waals surface area (Å²) in [4.78, 5) is 14.1. The Bertz CT molecular complexity index is 2030. The summed E-state index contributed by atoms with van der Waals surface area (Å²) < 4.78 is 8.88. The van der Waals surface area contributed by atoms with Crippen LogP contribution in [0.15, 0.2) is 122 Å². The van der Waals surface area contributed by atoms with E-state index in [0.29, 0.717) is 0 Å². The Kier molecular flexibility index (Phi) is 3.93. The van der Waals surface area contributed by atoms with E-state index in [1.807, 2.05) is 43.0 Å². The Morgan fingerprint density at radius 2 is 1.26 bits per heavy atom. The maximum atomic E-state index is 6.58. The SMILES string of the molecule is c1ccc2c(c1)Oc1ccc(-n3c4ccccc4c4ccncc43)cc1C21c2cccnc2-c2ncccc21. The van der Waals surface area contributed by atoms with Crippen LogP contribution in [-0.2, 0) is 5.41 Å². The summed E-state index contributed by atoms with van der Waals surface area (Å²) in [7, 11) is 0. The zero-order chi connectivity index (χ0) is 25.6. The molecule has 1 aliphatic carbocycles. The van der Waals surface area contributed by atoms with Gasteiger partial charge < -0.3 is 9.30 Å². The highest BCUT2D eigenvalue weighted by Crippen LogP contribution is 2.61. The van der Waals surface area contributed by atoms with Crippen LogP contribution in [-0.4, -0.2) is 19.5 Å². The largest absolute Gasteiger partial charge is 0.457 e. The topological polar surface area (TPSA) is 52.8 Å². The second-order valence-corrected chi connectivity index (χ2v) is 10.1. The van der Waals surface area contributed by atoms with E-state index in [9.17, 15) is 0 Å². The van der Waals surface area contributed by atoms with Gasteiger partial charge in [-0.3, -0.25) is 15.0 Å². The lowest BCUT2D eigenvalue weighted by molar-refractivity contribution is 0.436. The Morgan fingerprint density at radius 1 is 0.564 bits per heavy atom. The van der Waals surface area contributed by atoms with Crippen molar-refractivity contribution in [2.24, 2.45) is 0 Å². The van der Waals surface area contributed by atoms with Crippen LogP contribution in [0.4, 0.5) is 0 Å². The Labute approximate surface area is 224 Å². The molecule has 5 heteroatoms. The minimum atomic E-state index is -0.607. The molecule has 0 atom stereocenters. The van der Waals surface area contributed by atoms with Gasteiger partial charge in [-0.05, 0) is 59.7 Å². The van der Waals surface area contributed by atoms with Crippen molar-refractivity contribution in [3.8, 4) is 28.6 Å². The molecule has 5 heterocycles. The highest BCUT2D eigenvalue weighted by atomic mass is 16.5. The van der Waals surface area contributed by atoms with Crippen LogP contribution < -0.4 is 4.74 Å². The molecule has 2 aliphatic rings. The molecule has 39 heavy (non-hydrogen) atoms. The fourth-order valence-corrected chi connectivity index (χ4v) is 6.78. The standard InChI is InChI=1S/C34H20N4O/c1-3-11-28-22(7-1)23-15-18-35-20-29(23)38(28)21-13-14-31-27(19-21)34(24-8-2-4-12-30(24)39-31)25-9-5-16-36-32(25)33-26(34)10-6-17-37-33/h1-20H. The monoisotopic (exact) mass is 500 g/mol. The third kappa shape index (κ3) is 2.52. The quantitative estimate of drug-likeness (QED) is 0.235. The first-order valence-corrected chi connectivity index (χ1v) is 13.0. The van der Waals surface area contributed by atoms with Gasteiger partial charge in [0.15, 0.2) is 0 Å². The normalized spacial score (nSPS) is 14.1. The van der Waals surface area contributed by atoms with Crippen LogP contribution in [0.2, 0.25) is 0 Å². The molecule has 0 unspecified atom stereocenters. The highest BCUT2D eigenvalue weighted by molar-refractivity contribution is 6.09. The molecule has 0 N–H and O–H groups in total. The summed E-state index contributed by atoms with van der Waals surface area (Å²) in [6.07, 6.45) is 7.51. The molecular formula is C34H20N4O. The van der Waals surface area contributed by atoms with Gasteiger partial charge in [-0.1, -0.05) is 48.5 Å². The van der Waals surface area contributed by atoms with E-state index in [1.165, 1.54) is 10.8 Å². The Balaban J connectivity index is 1.43. The summed E-state index contributed by atoms with van der Waals surface area (Å²) in [5.74, 6) is 1.69. The van der Waals surface area contributed by atoms with Crippen molar-refractivity contribution in [3.63, 3.8) is 0 Å². The van der Waals surface area contributed by atoms with Crippen LogP contribution in [0.1, 0.15) is 22.3 Å². The second-order valence-electron chi connectivity index (χ2n) is 10.1. The van der Waals surface area contributed by atoms with Crippen LogP contribution >= 0.6 is 0 Å². The van der Waals surface area contributed by atoms with E-state index in [1.54, 1.807) is 0 Å². The number of fused-ring (bicyclic) bond motifs is 12. The molecule has 3 aromatic carbocycles. The van der Waals surface area contributed by atoms with Crippen LogP contribution in [0, 0.1) is 0 Å². The van der Waals surface area contributed by atoms with Gasteiger partial charge >= 0.3 is 0 Å². The van der Waals surface area contributed by atoms with Gasteiger partial charge in [0.25, 0.3) is 0 Å². The predicted molar refractivity (Wildman–Crippen MR) is 152 cm³/mol. The number of nitrogens with zero attached hydrogens (tertiary/aromatic N) is 4. The van der Waals surface area contributed by atoms with Gasteiger partial charge in [0.1, 0.15) is 11.5 Å². The molecule has 182 valence electrons. The molecule has 5 nitrogen and oxygen atoms in total. The lowest BCUT2D eigenvalue weighted by Gasteiger charge is -2.39. The van der Waals surface area contributed by atoms with Crippen molar-refractivity contribution in [1.82, 2.24) is 19.5 Å². The first kappa shape index (κ1) is 20.7. The molecule has 1 aliphatic heterocycles. The van der Waals surface area contributed by atoms with Crippen molar-refractivity contribution in [2.45, 2.75) is 5.41 Å². The lowest BCUT2D eigenvalue weighted by Crippen LogP contribution is -2.32. The van der Waals surface area contributed by atoms with Gasteiger partial charge in [0.2, 0.25) is 0 Å². The molecule has 9 rings (SSSR count). The first-order valence-electron chi connectivity index (χ1n) is 13.0. The van der Waals surface area contributed by atoms with Gasteiger partial charge in [-0.15, -0.1) is 0 Å². The Hall–Kier alpha value is -5.29. The number of benzene rings is 3. The van der Waals surface area contributed by atoms with E-state index in [4.69, 9.17) is 14.7 Å². The fourth-order valence-electron chi connectivity index (χ4n) is 6.78. The molecule has 0 fully saturated rings. The maximum absolute atomic E-state index is 6.58. The van der Waals surface area contributed by atoms with Crippen LogP contribution in [0.3, 0.4) is 0 Å². The molecule has 1 spiro atoms. The summed E-state index contributed by atoms with van der Waals surface area (Å²) in [6.45, 7) is 0. The zero-order valence-corrected chi connectivity index (χ0v) is 20.7. The lowest BCUT2D eigenvalue weighted by atomic mass is 9.66. The van der Waals surface area contributed by atoms with Crippen molar-refractivity contribution in [2.75, 3.05) is 0 Å². The number of para-hydroxylation sites is 2. The van der Waals surface area contributed by atoms with Crippen molar-refractivity contribution < 1.29 is 4.74 Å². The predicted octanol–water partition coefficient (Wildman–Crippen LogP) is 7.44.